The fourth-order valence-electron chi connectivity index (χ4n) is 3.55. The lowest BCUT2D eigenvalue weighted by Gasteiger charge is -2.12. The largest absolute Gasteiger partial charge is 0.488 e. The van der Waals surface area contributed by atoms with Crippen molar-refractivity contribution in [3.05, 3.63) is 136 Å². The first-order valence-electron chi connectivity index (χ1n) is 11.1. The molecule has 0 aliphatic heterocycles. The molecule has 0 aliphatic rings. The molecule has 0 spiro atoms. The Hall–Kier alpha value is -3.89. The van der Waals surface area contributed by atoms with Crippen molar-refractivity contribution in [3.8, 4) is 5.75 Å². The maximum absolute atomic E-state index is 13.0. The van der Waals surface area contributed by atoms with E-state index in [1.165, 1.54) is 0 Å². The Morgan fingerprint density at radius 2 is 1.29 bits per heavy atom. The standard InChI is InChI=1S/C29H25ClN2O2/c30-27-17-9-7-15-24(27)21-34-28-18-10-8-16-26(28)29(33)32-31-25(19-22-11-3-1-4-12-22)20-23-13-5-2-6-14-23/h1-18H,19-21H2,(H,32,33). The average Bonchev–Trinajstić information content (AvgIpc) is 2.88. The fraction of sp³-hybridized carbons (Fsp3) is 0.103. The summed E-state index contributed by atoms with van der Waals surface area (Å²) in [6, 6.07) is 34.8. The Bertz CT molecular complexity index is 1210. The lowest BCUT2D eigenvalue weighted by atomic mass is 10.0. The van der Waals surface area contributed by atoms with Crippen molar-refractivity contribution in [2.75, 3.05) is 0 Å². The SMILES string of the molecule is O=C(NN=C(Cc1ccccc1)Cc1ccccc1)c1ccccc1OCc1ccccc1Cl. The number of amides is 1. The van der Waals surface area contributed by atoms with Gasteiger partial charge in [0.2, 0.25) is 0 Å². The van der Waals surface area contributed by atoms with Gasteiger partial charge in [0, 0.05) is 29.1 Å². The minimum absolute atomic E-state index is 0.264. The number of rotatable bonds is 9. The zero-order valence-electron chi connectivity index (χ0n) is 18.7. The molecule has 0 aliphatic carbocycles. The quantitative estimate of drug-likeness (QED) is 0.225. The molecule has 0 bridgehead atoms. The van der Waals surface area contributed by atoms with Crippen LogP contribution in [0.25, 0.3) is 0 Å². The van der Waals surface area contributed by atoms with Crippen LogP contribution >= 0.6 is 11.6 Å². The van der Waals surface area contributed by atoms with Gasteiger partial charge in [-0.1, -0.05) is 103 Å². The molecule has 0 atom stereocenters. The molecule has 0 radical (unpaired) electrons. The number of carbonyl (C=O) groups is 1. The summed E-state index contributed by atoms with van der Waals surface area (Å²) in [6.45, 7) is 0.264. The second-order valence-corrected chi connectivity index (χ2v) is 8.23. The molecule has 4 aromatic rings. The van der Waals surface area contributed by atoms with E-state index < -0.39 is 0 Å². The van der Waals surface area contributed by atoms with Gasteiger partial charge in [-0.3, -0.25) is 4.79 Å². The van der Waals surface area contributed by atoms with Gasteiger partial charge in [0.1, 0.15) is 12.4 Å². The van der Waals surface area contributed by atoms with Gasteiger partial charge >= 0.3 is 0 Å². The first-order chi connectivity index (χ1) is 16.7. The highest BCUT2D eigenvalue weighted by Gasteiger charge is 2.13. The van der Waals surface area contributed by atoms with E-state index >= 15 is 0 Å². The van der Waals surface area contributed by atoms with Gasteiger partial charge in [0.05, 0.1) is 5.56 Å². The van der Waals surface area contributed by atoms with E-state index in [9.17, 15) is 4.79 Å². The van der Waals surface area contributed by atoms with E-state index in [0.29, 0.717) is 29.2 Å². The van der Waals surface area contributed by atoms with Crippen LogP contribution in [0.15, 0.2) is 114 Å². The minimum atomic E-state index is -0.326. The number of hydrogen-bond donors (Lipinski definition) is 1. The number of ether oxygens (including phenoxy) is 1. The molecule has 170 valence electrons. The third-order valence-corrected chi connectivity index (χ3v) is 5.66. The smallest absolute Gasteiger partial charge is 0.275 e. The number of hydrazone groups is 1. The highest BCUT2D eigenvalue weighted by atomic mass is 35.5. The van der Waals surface area contributed by atoms with E-state index in [-0.39, 0.29) is 12.5 Å². The van der Waals surface area contributed by atoms with Gasteiger partial charge in [-0.2, -0.15) is 5.10 Å². The summed E-state index contributed by atoms with van der Waals surface area (Å²) in [4.78, 5) is 13.0. The second kappa shape index (κ2) is 11.8. The summed E-state index contributed by atoms with van der Waals surface area (Å²) in [6.07, 6.45) is 1.28. The highest BCUT2D eigenvalue weighted by Crippen LogP contribution is 2.22. The van der Waals surface area contributed by atoms with Gasteiger partial charge in [0.15, 0.2) is 0 Å². The molecule has 0 saturated carbocycles. The van der Waals surface area contributed by atoms with Crippen molar-refractivity contribution < 1.29 is 9.53 Å². The Balaban J connectivity index is 1.50. The number of nitrogens with one attached hydrogen (secondary N) is 1. The van der Waals surface area contributed by atoms with Gasteiger partial charge in [-0.15, -0.1) is 0 Å². The topological polar surface area (TPSA) is 50.7 Å². The molecule has 1 amide bonds. The highest BCUT2D eigenvalue weighted by molar-refractivity contribution is 6.31. The number of carbonyl (C=O) groups excluding carboxylic acids is 1. The van der Waals surface area contributed by atoms with Crippen LogP contribution in [0.4, 0.5) is 0 Å². The monoisotopic (exact) mass is 468 g/mol. The summed E-state index contributed by atoms with van der Waals surface area (Å²) in [5.74, 6) is 0.149. The molecule has 34 heavy (non-hydrogen) atoms. The number of para-hydroxylation sites is 1. The summed E-state index contributed by atoms with van der Waals surface area (Å²) in [5, 5.41) is 5.13. The summed E-state index contributed by atoms with van der Waals surface area (Å²) in [5.41, 5.74) is 7.13. The molecule has 0 heterocycles. The summed E-state index contributed by atoms with van der Waals surface area (Å²) in [7, 11) is 0. The molecular weight excluding hydrogens is 444 g/mol. The normalized spacial score (nSPS) is 10.4. The van der Waals surface area contributed by atoms with Crippen LogP contribution in [0, 0.1) is 0 Å². The van der Waals surface area contributed by atoms with Crippen molar-refractivity contribution >= 4 is 23.2 Å². The van der Waals surface area contributed by atoms with Gasteiger partial charge in [0.25, 0.3) is 5.91 Å². The Morgan fingerprint density at radius 3 is 1.94 bits per heavy atom. The van der Waals surface area contributed by atoms with Crippen LogP contribution in [0.1, 0.15) is 27.0 Å². The van der Waals surface area contributed by atoms with E-state index in [0.717, 1.165) is 22.4 Å². The van der Waals surface area contributed by atoms with Crippen LogP contribution in [-0.2, 0) is 19.4 Å². The van der Waals surface area contributed by atoms with E-state index in [2.05, 4.69) is 34.8 Å². The maximum atomic E-state index is 13.0. The minimum Gasteiger partial charge on any atom is -0.488 e. The Morgan fingerprint density at radius 1 is 0.735 bits per heavy atom. The predicted molar refractivity (Wildman–Crippen MR) is 137 cm³/mol. The molecule has 4 nitrogen and oxygen atoms in total. The fourth-order valence-corrected chi connectivity index (χ4v) is 3.74. The van der Waals surface area contributed by atoms with Crippen LogP contribution in [-0.4, -0.2) is 11.6 Å². The van der Waals surface area contributed by atoms with Crippen LogP contribution in [0.2, 0.25) is 5.02 Å². The molecule has 5 heteroatoms. The van der Waals surface area contributed by atoms with Gasteiger partial charge in [-0.05, 0) is 29.3 Å². The van der Waals surface area contributed by atoms with Crippen molar-refractivity contribution in [1.82, 2.24) is 5.43 Å². The molecule has 1 N–H and O–H groups in total. The molecular formula is C29H25ClN2O2. The zero-order valence-corrected chi connectivity index (χ0v) is 19.4. The Labute approximate surface area is 204 Å². The van der Waals surface area contributed by atoms with Gasteiger partial charge in [-0.25, -0.2) is 5.43 Å². The van der Waals surface area contributed by atoms with Crippen molar-refractivity contribution in [3.63, 3.8) is 0 Å². The first-order valence-corrected chi connectivity index (χ1v) is 11.5. The van der Waals surface area contributed by atoms with Crippen LogP contribution in [0.3, 0.4) is 0 Å². The second-order valence-electron chi connectivity index (χ2n) is 7.82. The van der Waals surface area contributed by atoms with Crippen LogP contribution < -0.4 is 10.2 Å². The summed E-state index contributed by atoms with van der Waals surface area (Å²) < 4.78 is 5.93. The number of halogens is 1. The first kappa shape index (κ1) is 23.3. The van der Waals surface area contributed by atoms with Crippen molar-refractivity contribution in [2.45, 2.75) is 19.4 Å². The van der Waals surface area contributed by atoms with Crippen molar-refractivity contribution in [1.29, 1.82) is 0 Å². The van der Waals surface area contributed by atoms with Gasteiger partial charge < -0.3 is 4.74 Å². The third kappa shape index (κ3) is 6.56. The lowest BCUT2D eigenvalue weighted by Crippen LogP contribution is -2.22. The molecule has 4 rings (SSSR count). The third-order valence-electron chi connectivity index (χ3n) is 5.29. The summed E-state index contributed by atoms with van der Waals surface area (Å²) >= 11 is 6.23. The molecule has 4 aromatic carbocycles. The maximum Gasteiger partial charge on any atom is 0.275 e. The molecule has 0 saturated heterocycles. The lowest BCUT2D eigenvalue weighted by molar-refractivity contribution is 0.0950. The number of hydrogen-bond acceptors (Lipinski definition) is 3. The predicted octanol–water partition coefficient (Wildman–Crippen LogP) is 6.49. The average molecular weight is 469 g/mol. The molecule has 0 fully saturated rings. The molecule has 0 aromatic heterocycles. The number of nitrogens with zero attached hydrogens (tertiary/aromatic N) is 1. The Kier molecular flexibility index (Phi) is 8.09. The van der Waals surface area contributed by atoms with E-state index in [4.69, 9.17) is 16.3 Å². The number of benzene rings is 4. The molecule has 0 unspecified atom stereocenters. The van der Waals surface area contributed by atoms with E-state index in [1.807, 2.05) is 66.7 Å². The zero-order chi connectivity index (χ0) is 23.6. The van der Waals surface area contributed by atoms with Crippen LogP contribution in [0.5, 0.6) is 5.75 Å². The van der Waals surface area contributed by atoms with E-state index in [1.54, 1.807) is 18.2 Å². The van der Waals surface area contributed by atoms with Crippen molar-refractivity contribution in [2.24, 2.45) is 5.10 Å².